The molecule has 8 aliphatic carbocycles. The average Bonchev–Trinajstić information content (AvgIpc) is 3.11. The van der Waals surface area contributed by atoms with Crippen molar-refractivity contribution in [3.05, 3.63) is 35.9 Å². The predicted molar refractivity (Wildman–Crippen MR) is 372 cm³/mol. The van der Waals surface area contributed by atoms with Gasteiger partial charge in [0.25, 0.3) is 0 Å². The molecule has 0 unspecified atom stereocenters. The Morgan fingerprint density at radius 1 is 0.395 bits per heavy atom. The molecule has 9 rings (SSSR count). The number of hydrogen-bond acceptors (Lipinski definition) is 0. The Balaban J connectivity index is 0.000000482. The molecule has 0 heterocycles. The van der Waals surface area contributed by atoms with Crippen LogP contribution in [0, 0.1) is 101 Å². The Morgan fingerprint density at radius 3 is 0.840 bits per heavy atom. The summed E-state index contributed by atoms with van der Waals surface area (Å²) in [6.45, 7) is 70.1. The number of hydrogen-bond donors (Lipinski definition) is 0. The van der Waals surface area contributed by atoms with Crippen molar-refractivity contribution >= 4 is 0 Å². The van der Waals surface area contributed by atoms with E-state index in [9.17, 15) is 0 Å². The van der Waals surface area contributed by atoms with Gasteiger partial charge in [-0.1, -0.05) is 309 Å². The summed E-state index contributed by atoms with van der Waals surface area (Å²) in [4.78, 5) is 0. The molecule has 1 aromatic rings. The lowest BCUT2D eigenvalue weighted by Gasteiger charge is -2.62. The molecule has 8 aliphatic rings. The first-order chi connectivity index (χ1) is 37.4. The topological polar surface area (TPSA) is 0 Å². The summed E-state index contributed by atoms with van der Waals surface area (Å²) in [5.41, 5.74) is 5.56. The summed E-state index contributed by atoms with van der Waals surface area (Å²) in [6, 6.07) is 10.6. The third-order valence-electron chi connectivity index (χ3n) is 20.8. The highest BCUT2D eigenvalue weighted by Gasteiger charge is 2.55. The van der Waals surface area contributed by atoms with Gasteiger partial charge in [-0.25, -0.2) is 0 Å². The molecule has 0 nitrogen and oxygen atoms in total. The molecular formula is C81H156. The van der Waals surface area contributed by atoms with E-state index >= 15 is 0 Å². The largest absolute Gasteiger partial charge is 0.0622 e. The van der Waals surface area contributed by atoms with Gasteiger partial charge in [0, 0.05) is 4.11 Å². The fraction of sp³-hybridized carbons (Fsp3) is 0.926. The SMILES string of the molecule is CC(C)(C)C12CC3CC(CC(C3)C1)C2.CC(C)(C)C1CCCC1.CC(C)(C)C1CCCCC1.CC(C)(C)CC(C)(C)C.CC(C)(C)c1ccccc1.[2H]C(C)(C(C)(C)C)C(C)(C)C.[2H]C1(C(C)(C)C)CCCC1.[2H]C1(C(C)(C)C)CCCCC1. The summed E-state index contributed by atoms with van der Waals surface area (Å²) < 4.78 is 24.6. The Bertz CT molecular complexity index is 1840. The first-order valence-electron chi connectivity index (χ1n) is 36.5. The van der Waals surface area contributed by atoms with Gasteiger partial charge >= 0.3 is 0 Å². The molecule has 1 aromatic carbocycles. The maximum Gasteiger partial charge on any atom is 0.0311 e. The van der Waals surface area contributed by atoms with Gasteiger partial charge in [0.2, 0.25) is 0 Å². The molecule has 0 spiro atoms. The second-order valence-electron chi connectivity index (χ2n) is 39.0. The van der Waals surface area contributed by atoms with Crippen LogP contribution in [-0.2, 0) is 5.41 Å². The summed E-state index contributed by atoms with van der Waals surface area (Å²) in [7, 11) is 0. The van der Waals surface area contributed by atoms with Crippen LogP contribution >= 0.6 is 0 Å². The van der Waals surface area contributed by atoms with Crippen LogP contribution in [0.2, 0.25) is 0 Å². The lowest BCUT2D eigenvalue weighted by Crippen LogP contribution is -2.51. The van der Waals surface area contributed by atoms with Crippen LogP contribution in [0.15, 0.2) is 30.3 Å². The van der Waals surface area contributed by atoms with Crippen LogP contribution in [0.25, 0.3) is 0 Å². The van der Waals surface area contributed by atoms with Gasteiger partial charge in [0.1, 0.15) is 0 Å². The molecule has 0 radical (unpaired) electrons. The van der Waals surface area contributed by atoms with E-state index in [0.29, 0.717) is 32.5 Å². The molecule has 8 saturated carbocycles. The summed E-state index contributed by atoms with van der Waals surface area (Å²) in [6.07, 6.45) is 34.8. The summed E-state index contributed by atoms with van der Waals surface area (Å²) in [5.74, 6) is 4.72. The third kappa shape index (κ3) is 32.1. The van der Waals surface area contributed by atoms with Crippen molar-refractivity contribution in [2.24, 2.45) is 101 Å². The zero-order valence-corrected chi connectivity index (χ0v) is 62.0. The molecule has 0 saturated heterocycles. The molecule has 0 N–H and O–H groups in total. The van der Waals surface area contributed by atoms with Gasteiger partial charge in [0.15, 0.2) is 0 Å². The highest BCUT2D eigenvalue weighted by atomic mass is 14.6. The molecule has 81 heavy (non-hydrogen) atoms. The normalized spacial score (nSPS) is 25.9. The first kappa shape index (κ1) is 72.7. The van der Waals surface area contributed by atoms with E-state index in [0.717, 1.165) is 60.7 Å². The minimum Gasteiger partial charge on any atom is -0.0622 e. The van der Waals surface area contributed by atoms with E-state index in [1.54, 1.807) is 38.5 Å². The number of benzene rings is 1. The third-order valence-corrected chi connectivity index (χ3v) is 20.8. The maximum atomic E-state index is 8.27. The Morgan fingerprint density at radius 2 is 0.667 bits per heavy atom. The quantitative estimate of drug-likeness (QED) is 0.243. The second-order valence-corrected chi connectivity index (χ2v) is 39.0. The van der Waals surface area contributed by atoms with Crippen LogP contribution < -0.4 is 0 Å². The van der Waals surface area contributed by atoms with Gasteiger partial charge in [-0.05, 0) is 209 Å². The van der Waals surface area contributed by atoms with Gasteiger partial charge in [0.05, 0.1) is 0 Å². The summed E-state index contributed by atoms with van der Waals surface area (Å²) >= 11 is 0. The minimum atomic E-state index is -0.375. The lowest BCUT2D eigenvalue weighted by atomic mass is 9.43. The minimum absolute atomic E-state index is 0.0469. The van der Waals surface area contributed by atoms with Crippen molar-refractivity contribution in [3.8, 4) is 0 Å². The van der Waals surface area contributed by atoms with E-state index in [4.69, 9.17) is 4.11 Å². The molecule has 480 valence electrons. The number of rotatable bonds is 0. The average molecular weight is 1130 g/mol. The van der Waals surface area contributed by atoms with Crippen LogP contribution in [0.4, 0.5) is 0 Å². The Hall–Kier alpha value is -0.780. The van der Waals surface area contributed by atoms with E-state index in [1.807, 2.05) is 6.92 Å². The van der Waals surface area contributed by atoms with Crippen molar-refractivity contribution in [2.45, 2.75) is 381 Å². The van der Waals surface area contributed by atoms with Crippen LogP contribution in [0.3, 0.4) is 0 Å². The van der Waals surface area contributed by atoms with E-state index in [-0.39, 0.29) is 39.3 Å². The molecular weight excluding hydrogens is 973 g/mol. The Kier molecular flexibility index (Phi) is 29.1. The van der Waals surface area contributed by atoms with E-state index < -0.39 is 0 Å². The van der Waals surface area contributed by atoms with Crippen molar-refractivity contribution in [1.29, 1.82) is 0 Å². The van der Waals surface area contributed by atoms with E-state index in [2.05, 4.69) is 238 Å². The Labute approximate surface area is 519 Å². The van der Waals surface area contributed by atoms with Gasteiger partial charge < -0.3 is 0 Å². The zero-order chi connectivity index (χ0) is 65.7. The molecule has 0 atom stereocenters. The van der Waals surface area contributed by atoms with Gasteiger partial charge in [-0.2, -0.15) is 0 Å². The molecule has 0 heteroatoms. The van der Waals surface area contributed by atoms with E-state index in [1.165, 1.54) is 102 Å². The van der Waals surface area contributed by atoms with Crippen LogP contribution in [0.5, 0.6) is 0 Å². The van der Waals surface area contributed by atoms with Crippen molar-refractivity contribution in [3.63, 3.8) is 0 Å². The standard InChI is InChI=1S/C14H24.2C10H20.C10H14.C10H22.2C9H18.C9H20/c1-13(2,3)14-7-10-4-11(8-14)6-12(5-10)9-14;3*1-10(2,3)9-7-5-4-6-8-9;1-8(9(2,3)4)10(5,6)7;2*1-9(2,3)8-6-4-5-7-8;1-8(2,3)7-9(4,5)6/h10-12H,4-9H2,1-3H3;2*9H,4-8H2,1-3H3;4-8H,1-3H3;8H,1-7H3;2*8H,4-7H2,1-3H3;7H2,1-6H3/i;9D;;;2*8D;;. The van der Waals surface area contributed by atoms with Crippen molar-refractivity contribution < 1.29 is 4.11 Å². The smallest absolute Gasteiger partial charge is 0.0311 e. The van der Waals surface area contributed by atoms with Crippen molar-refractivity contribution in [2.75, 3.05) is 0 Å². The maximum absolute atomic E-state index is 8.27. The van der Waals surface area contributed by atoms with Gasteiger partial charge in [-0.3, -0.25) is 0 Å². The molecule has 0 aromatic heterocycles. The zero-order valence-electron chi connectivity index (χ0n) is 65.0. The lowest BCUT2D eigenvalue weighted by molar-refractivity contribution is -0.113. The monoisotopic (exact) mass is 1130 g/mol. The molecule has 0 aliphatic heterocycles. The molecule has 8 fully saturated rings. The van der Waals surface area contributed by atoms with Crippen LogP contribution in [0.1, 0.15) is 385 Å². The van der Waals surface area contributed by atoms with Crippen LogP contribution in [-0.4, -0.2) is 0 Å². The summed E-state index contributed by atoms with van der Waals surface area (Å²) in [5, 5.41) is 0. The van der Waals surface area contributed by atoms with Gasteiger partial charge in [-0.15, -0.1) is 0 Å². The first-order valence-corrected chi connectivity index (χ1v) is 35.0. The van der Waals surface area contributed by atoms with Crippen molar-refractivity contribution in [1.82, 2.24) is 0 Å². The fourth-order valence-electron chi connectivity index (χ4n) is 15.7. The molecule has 0 amide bonds. The highest BCUT2D eigenvalue weighted by Crippen LogP contribution is 2.65. The predicted octanol–water partition coefficient (Wildman–Crippen LogP) is 28.1. The highest BCUT2D eigenvalue weighted by molar-refractivity contribution is 5.22. The molecule has 4 bridgehead atoms. The second kappa shape index (κ2) is 32.4. The fourth-order valence-corrected chi connectivity index (χ4v) is 15.7.